The molecule has 0 fully saturated rings. The molecular formula is C9H7S2. The number of hydrogen-bond donors (Lipinski definition) is 0. The maximum absolute atomic E-state index is 5.01. The highest BCUT2D eigenvalue weighted by Crippen LogP contribution is 2.26. The summed E-state index contributed by atoms with van der Waals surface area (Å²) in [5, 5.41) is 3.48. The van der Waals surface area contributed by atoms with E-state index in [1.807, 2.05) is 0 Å². The molecule has 0 atom stereocenters. The van der Waals surface area contributed by atoms with E-state index >= 15 is 0 Å². The number of benzene rings is 1. The molecule has 0 spiro atoms. The molecule has 1 aromatic heterocycles. The van der Waals surface area contributed by atoms with Gasteiger partial charge in [0.1, 0.15) is 0 Å². The van der Waals surface area contributed by atoms with E-state index in [2.05, 4.69) is 29.6 Å². The second-order valence-electron chi connectivity index (χ2n) is 2.40. The minimum atomic E-state index is 0.726. The molecule has 0 amide bonds. The lowest BCUT2D eigenvalue weighted by atomic mass is 10.2. The van der Waals surface area contributed by atoms with Gasteiger partial charge in [0.25, 0.3) is 0 Å². The fourth-order valence-electron chi connectivity index (χ4n) is 1.14. The predicted octanol–water partition coefficient (Wildman–Crippen LogP) is 3.60. The zero-order chi connectivity index (χ0) is 7.68. The van der Waals surface area contributed by atoms with Gasteiger partial charge in [0.2, 0.25) is 0 Å². The summed E-state index contributed by atoms with van der Waals surface area (Å²) < 4.78 is 1.34. The first-order valence-corrected chi connectivity index (χ1v) is 4.91. The van der Waals surface area contributed by atoms with Gasteiger partial charge in [-0.3, -0.25) is 0 Å². The molecule has 0 unspecified atom stereocenters. The smallest absolute Gasteiger partial charge is 0.0345 e. The van der Waals surface area contributed by atoms with Gasteiger partial charge in [0.05, 0.1) is 0 Å². The first-order valence-electron chi connectivity index (χ1n) is 3.45. The second kappa shape index (κ2) is 2.88. The van der Waals surface area contributed by atoms with Crippen LogP contribution in [0.25, 0.3) is 10.1 Å². The summed E-state index contributed by atoms with van der Waals surface area (Å²) >= 11 is 6.78. The van der Waals surface area contributed by atoms with Gasteiger partial charge < -0.3 is 0 Å². The Morgan fingerprint density at radius 1 is 1.27 bits per heavy atom. The molecular weight excluding hydrogens is 172 g/mol. The highest BCUT2D eigenvalue weighted by atomic mass is 32.1. The van der Waals surface area contributed by atoms with E-state index in [-0.39, 0.29) is 0 Å². The molecule has 1 heterocycles. The quantitative estimate of drug-likeness (QED) is 0.627. The number of hydrogen-bond acceptors (Lipinski definition) is 1. The van der Waals surface area contributed by atoms with E-state index in [0.717, 1.165) is 5.75 Å². The van der Waals surface area contributed by atoms with Gasteiger partial charge in [0.15, 0.2) is 0 Å². The fraction of sp³-hybridized carbons (Fsp3) is 0.111. The van der Waals surface area contributed by atoms with Crippen LogP contribution in [0.5, 0.6) is 0 Å². The maximum Gasteiger partial charge on any atom is 0.0345 e. The highest BCUT2D eigenvalue weighted by molar-refractivity contribution is 7.79. The molecule has 0 N–H and O–H groups in total. The Hall–Kier alpha value is -0.470. The van der Waals surface area contributed by atoms with Crippen molar-refractivity contribution in [1.29, 1.82) is 0 Å². The number of fused-ring (bicyclic) bond motifs is 1. The van der Waals surface area contributed by atoms with Crippen molar-refractivity contribution in [2.45, 2.75) is 5.75 Å². The van der Waals surface area contributed by atoms with Crippen LogP contribution in [0.1, 0.15) is 5.56 Å². The highest BCUT2D eigenvalue weighted by Gasteiger charge is 1.99. The van der Waals surface area contributed by atoms with Crippen LogP contribution in [-0.2, 0) is 5.75 Å². The summed E-state index contributed by atoms with van der Waals surface area (Å²) in [6.45, 7) is 0. The monoisotopic (exact) mass is 179 g/mol. The average molecular weight is 179 g/mol. The number of thiophene rings is 1. The van der Waals surface area contributed by atoms with Crippen molar-refractivity contribution in [2.24, 2.45) is 0 Å². The first-order chi connectivity index (χ1) is 5.42. The van der Waals surface area contributed by atoms with E-state index in [1.165, 1.54) is 15.6 Å². The Balaban J connectivity index is 2.76. The van der Waals surface area contributed by atoms with Crippen LogP contribution in [0, 0.1) is 0 Å². The third-order valence-electron chi connectivity index (χ3n) is 1.72. The molecule has 0 aliphatic rings. The SMILES string of the molecule is [S]Cc1csc2ccccc12. The third-order valence-corrected chi connectivity index (χ3v) is 3.04. The van der Waals surface area contributed by atoms with Crippen molar-refractivity contribution < 1.29 is 0 Å². The van der Waals surface area contributed by atoms with Crippen LogP contribution in [0.4, 0.5) is 0 Å². The van der Waals surface area contributed by atoms with Crippen LogP contribution < -0.4 is 0 Å². The van der Waals surface area contributed by atoms with E-state index < -0.39 is 0 Å². The fourth-order valence-corrected chi connectivity index (χ4v) is 2.45. The van der Waals surface area contributed by atoms with Gasteiger partial charge in [-0.2, -0.15) is 0 Å². The lowest BCUT2D eigenvalue weighted by molar-refractivity contribution is 1.53. The van der Waals surface area contributed by atoms with Crippen LogP contribution in [-0.4, -0.2) is 0 Å². The Bertz CT molecular complexity index is 362. The topological polar surface area (TPSA) is 0 Å². The van der Waals surface area contributed by atoms with Gasteiger partial charge in [-0.05, 0) is 22.4 Å². The molecule has 1 aromatic carbocycles. The van der Waals surface area contributed by atoms with E-state index in [1.54, 1.807) is 11.3 Å². The minimum Gasteiger partial charge on any atom is -0.143 e. The van der Waals surface area contributed by atoms with E-state index in [4.69, 9.17) is 12.6 Å². The molecule has 0 nitrogen and oxygen atoms in total. The summed E-state index contributed by atoms with van der Waals surface area (Å²) in [7, 11) is 0. The largest absolute Gasteiger partial charge is 0.143 e. The lowest BCUT2D eigenvalue weighted by Crippen LogP contribution is -1.70. The Morgan fingerprint density at radius 3 is 2.91 bits per heavy atom. The van der Waals surface area contributed by atoms with Gasteiger partial charge in [0, 0.05) is 10.5 Å². The zero-order valence-electron chi connectivity index (χ0n) is 5.91. The minimum absolute atomic E-state index is 0.726. The van der Waals surface area contributed by atoms with Gasteiger partial charge in [-0.15, -0.1) is 11.3 Å². The molecule has 2 rings (SSSR count). The molecule has 0 aliphatic heterocycles. The predicted molar refractivity (Wildman–Crippen MR) is 53.1 cm³/mol. The molecule has 0 saturated carbocycles. The summed E-state index contributed by atoms with van der Waals surface area (Å²) in [5.41, 5.74) is 1.29. The van der Waals surface area contributed by atoms with E-state index in [0.29, 0.717) is 0 Å². The lowest BCUT2D eigenvalue weighted by Gasteiger charge is -1.90. The normalized spacial score (nSPS) is 10.6. The summed E-state index contributed by atoms with van der Waals surface area (Å²) in [6.07, 6.45) is 0. The van der Waals surface area contributed by atoms with Crippen molar-refractivity contribution in [1.82, 2.24) is 0 Å². The maximum atomic E-state index is 5.01. The van der Waals surface area contributed by atoms with Crippen LogP contribution in [0.15, 0.2) is 29.6 Å². The third kappa shape index (κ3) is 1.17. The van der Waals surface area contributed by atoms with Crippen LogP contribution in [0.3, 0.4) is 0 Å². The molecule has 0 saturated heterocycles. The molecule has 0 bridgehead atoms. The van der Waals surface area contributed by atoms with Crippen molar-refractivity contribution in [2.75, 3.05) is 0 Å². The van der Waals surface area contributed by atoms with Crippen molar-refractivity contribution in [3.05, 3.63) is 35.2 Å². The molecule has 11 heavy (non-hydrogen) atoms. The summed E-state index contributed by atoms with van der Waals surface area (Å²) in [5.74, 6) is 0.726. The van der Waals surface area contributed by atoms with Gasteiger partial charge in [-0.1, -0.05) is 30.8 Å². The van der Waals surface area contributed by atoms with Crippen molar-refractivity contribution >= 4 is 34.1 Å². The van der Waals surface area contributed by atoms with Gasteiger partial charge in [-0.25, -0.2) is 0 Å². The molecule has 2 heteroatoms. The Morgan fingerprint density at radius 2 is 2.09 bits per heavy atom. The standard InChI is InChI=1S/C9H7S2/c10-5-7-6-11-9-4-2-1-3-8(7)9/h1-4,6H,5H2. The Labute approximate surface area is 75.3 Å². The first kappa shape index (κ1) is 7.19. The van der Waals surface area contributed by atoms with E-state index in [9.17, 15) is 0 Å². The van der Waals surface area contributed by atoms with Gasteiger partial charge >= 0.3 is 0 Å². The Kier molecular flexibility index (Phi) is 1.88. The zero-order valence-corrected chi connectivity index (χ0v) is 7.54. The summed E-state index contributed by atoms with van der Waals surface area (Å²) in [4.78, 5) is 0. The number of rotatable bonds is 1. The molecule has 0 aliphatic carbocycles. The van der Waals surface area contributed by atoms with Crippen LogP contribution in [0.2, 0.25) is 0 Å². The summed E-state index contributed by atoms with van der Waals surface area (Å²) in [6, 6.07) is 8.39. The second-order valence-corrected chi connectivity index (χ2v) is 3.60. The molecule has 2 aromatic rings. The van der Waals surface area contributed by atoms with Crippen LogP contribution >= 0.6 is 24.0 Å². The average Bonchev–Trinajstić information content (AvgIpc) is 2.47. The molecule has 55 valence electrons. The molecule has 1 radical (unpaired) electrons. The van der Waals surface area contributed by atoms with Crippen molar-refractivity contribution in [3.8, 4) is 0 Å². The van der Waals surface area contributed by atoms with Crippen molar-refractivity contribution in [3.63, 3.8) is 0 Å².